The average Bonchev–Trinajstić information content (AvgIpc) is 3.52. The molecule has 1 aromatic heterocycles. The molecule has 0 bridgehead atoms. The summed E-state index contributed by atoms with van der Waals surface area (Å²) < 4.78 is 1.73. The predicted octanol–water partition coefficient (Wildman–Crippen LogP) is 3.59. The number of anilines is 2. The Balaban J connectivity index is 1.35. The zero-order valence-electron chi connectivity index (χ0n) is 16.9. The van der Waals surface area contributed by atoms with Crippen LogP contribution in [0.3, 0.4) is 0 Å². The van der Waals surface area contributed by atoms with Crippen LogP contribution >= 0.6 is 11.8 Å². The summed E-state index contributed by atoms with van der Waals surface area (Å²) in [4.78, 5) is 44.2. The van der Waals surface area contributed by atoms with Gasteiger partial charge in [0, 0.05) is 19.0 Å². The van der Waals surface area contributed by atoms with Gasteiger partial charge in [-0.3, -0.25) is 19.0 Å². The second-order valence-electron chi connectivity index (χ2n) is 7.82. The van der Waals surface area contributed by atoms with Crippen LogP contribution in [-0.4, -0.2) is 33.7 Å². The van der Waals surface area contributed by atoms with Crippen LogP contribution in [0.1, 0.15) is 31.7 Å². The third kappa shape index (κ3) is 3.95. The molecule has 1 N–H and O–H groups in total. The fraction of sp³-hybridized carbons (Fsp3) is 0.304. The minimum atomic E-state index is -0.200. The van der Waals surface area contributed by atoms with Crippen LogP contribution in [0.4, 0.5) is 11.4 Å². The van der Waals surface area contributed by atoms with Crippen molar-refractivity contribution in [3.63, 3.8) is 0 Å². The molecular weight excluding hydrogens is 412 g/mol. The summed E-state index contributed by atoms with van der Waals surface area (Å²) >= 11 is 1.27. The third-order valence-electron chi connectivity index (χ3n) is 5.56. The number of benzene rings is 2. The number of nitrogens with zero attached hydrogens (tertiary/aromatic N) is 3. The van der Waals surface area contributed by atoms with Gasteiger partial charge in [0.25, 0.3) is 5.56 Å². The fourth-order valence-corrected chi connectivity index (χ4v) is 4.78. The third-order valence-corrected chi connectivity index (χ3v) is 6.51. The van der Waals surface area contributed by atoms with Gasteiger partial charge in [-0.05, 0) is 43.5 Å². The van der Waals surface area contributed by atoms with Crippen LogP contribution < -0.4 is 15.8 Å². The first kappa shape index (κ1) is 19.8. The molecule has 3 aromatic rings. The van der Waals surface area contributed by atoms with E-state index in [4.69, 9.17) is 0 Å². The summed E-state index contributed by atoms with van der Waals surface area (Å²) in [6.07, 6.45) is 3.27. The van der Waals surface area contributed by atoms with Crippen molar-refractivity contribution in [2.24, 2.45) is 0 Å². The number of para-hydroxylation sites is 3. The van der Waals surface area contributed by atoms with Crippen LogP contribution in [0.5, 0.6) is 0 Å². The molecule has 31 heavy (non-hydrogen) atoms. The van der Waals surface area contributed by atoms with Gasteiger partial charge in [0.2, 0.25) is 11.8 Å². The number of nitrogens with one attached hydrogen (secondary N) is 1. The summed E-state index contributed by atoms with van der Waals surface area (Å²) in [5.41, 5.74) is 1.94. The minimum Gasteiger partial charge on any atom is -0.324 e. The minimum absolute atomic E-state index is 0.0473. The van der Waals surface area contributed by atoms with Gasteiger partial charge in [0.05, 0.1) is 28.0 Å². The Bertz CT molecular complexity index is 1230. The van der Waals surface area contributed by atoms with Gasteiger partial charge < -0.3 is 10.2 Å². The molecule has 1 saturated heterocycles. The molecule has 8 heteroatoms. The first-order valence-electron chi connectivity index (χ1n) is 10.4. The fourth-order valence-electron chi connectivity index (χ4n) is 3.92. The second kappa shape index (κ2) is 8.19. The van der Waals surface area contributed by atoms with Crippen molar-refractivity contribution in [3.05, 3.63) is 58.9 Å². The van der Waals surface area contributed by atoms with Crippen molar-refractivity contribution in [3.8, 4) is 0 Å². The van der Waals surface area contributed by atoms with Gasteiger partial charge in [-0.15, -0.1) is 0 Å². The highest BCUT2D eigenvalue weighted by molar-refractivity contribution is 7.99. The Labute approximate surface area is 183 Å². The molecule has 2 heterocycles. The Morgan fingerprint density at radius 2 is 1.87 bits per heavy atom. The van der Waals surface area contributed by atoms with E-state index in [1.807, 2.05) is 36.4 Å². The Morgan fingerprint density at radius 1 is 1.10 bits per heavy atom. The number of hydrogen-bond acceptors (Lipinski definition) is 5. The van der Waals surface area contributed by atoms with Crippen molar-refractivity contribution in [1.82, 2.24) is 9.55 Å². The van der Waals surface area contributed by atoms with Gasteiger partial charge in [-0.2, -0.15) is 0 Å². The number of amides is 2. The van der Waals surface area contributed by atoms with Crippen molar-refractivity contribution in [2.45, 2.75) is 36.9 Å². The van der Waals surface area contributed by atoms with Crippen LogP contribution in [0, 0.1) is 0 Å². The van der Waals surface area contributed by atoms with Gasteiger partial charge in [0.15, 0.2) is 5.16 Å². The van der Waals surface area contributed by atoms with Crippen molar-refractivity contribution in [1.29, 1.82) is 0 Å². The number of hydrogen-bond donors (Lipinski definition) is 1. The monoisotopic (exact) mass is 434 g/mol. The molecule has 1 aliphatic carbocycles. The van der Waals surface area contributed by atoms with Crippen LogP contribution in [0.2, 0.25) is 0 Å². The molecule has 1 aliphatic heterocycles. The maximum atomic E-state index is 13.0. The molecule has 0 atom stereocenters. The lowest BCUT2D eigenvalue weighted by Gasteiger charge is -2.20. The number of carbonyl (C=O) groups excluding carboxylic acids is 2. The lowest BCUT2D eigenvalue weighted by molar-refractivity contribution is -0.117. The van der Waals surface area contributed by atoms with Crippen molar-refractivity contribution >= 4 is 45.9 Å². The second-order valence-corrected chi connectivity index (χ2v) is 8.76. The molecule has 2 aliphatic rings. The SMILES string of the molecule is O=C(CSc1nc2ccccc2c(=O)n1C1CC1)Nc1ccccc1N1CCCC1=O. The first-order valence-corrected chi connectivity index (χ1v) is 11.4. The maximum Gasteiger partial charge on any atom is 0.262 e. The number of rotatable bonds is 6. The number of carbonyl (C=O) groups is 2. The van der Waals surface area contributed by atoms with Gasteiger partial charge >= 0.3 is 0 Å². The van der Waals surface area contributed by atoms with E-state index in [-0.39, 0.29) is 29.2 Å². The van der Waals surface area contributed by atoms with E-state index in [1.165, 1.54) is 11.8 Å². The van der Waals surface area contributed by atoms with E-state index < -0.39 is 0 Å². The standard InChI is InChI=1S/C23H22N4O3S/c28-20(24-18-8-3-4-9-19(18)26-13-5-10-21(26)29)14-31-23-25-17-7-2-1-6-16(17)22(30)27(23)15-11-12-15/h1-4,6-9,15H,5,10-14H2,(H,24,28). The van der Waals surface area contributed by atoms with Gasteiger partial charge in [-0.25, -0.2) is 4.98 Å². The summed E-state index contributed by atoms with van der Waals surface area (Å²) in [6.45, 7) is 0.662. The van der Waals surface area contributed by atoms with Gasteiger partial charge in [0.1, 0.15) is 0 Å². The highest BCUT2D eigenvalue weighted by Crippen LogP contribution is 2.37. The molecule has 0 spiro atoms. The number of fused-ring (bicyclic) bond motifs is 1. The summed E-state index contributed by atoms with van der Waals surface area (Å²) in [7, 11) is 0. The summed E-state index contributed by atoms with van der Waals surface area (Å²) in [5.74, 6) is -0.00139. The molecule has 2 aromatic carbocycles. The largest absolute Gasteiger partial charge is 0.324 e. The molecule has 7 nitrogen and oxygen atoms in total. The zero-order valence-corrected chi connectivity index (χ0v) is 17.7. The van der Waals surface area contributed by atoms with E-state index in [0.717, 1.165) is 24.9 Å². The molecular formula is C23H22N4O3S. The van der Waals surface area contributed by atoms with Crippen molar-refractivity contribution < 1.29 is 9.59 Å². The van der Waals surface area contributed by atoms with Crippen LogP contribution in [0.15, 0.2) is 58.5 Å². The van der Waals surface area contributed by atoms with E-state index in [1.54, 1.807) is 21.6 Å². The molecule has 0 unspecified atom stereocenters. The van der Waals surface area contributed by atoms with E-state index in [2.05, 4.69) is 10.3 Å². The first-order chi connectivity index (χ1) is 15.1. The van der Waals surface area contributed by atoms with Crippen LogP contribution in [-0.2, 0) is 9.59 Å². The molecule has 0 radical (unpaired) electrons. The van der Waals surface area contributed by atoms with Gasteiger partial charge in [-0.1, -0.05) is 36.0 Å². The Hall–Kier alpha value is -3.13. The topological polar surface area (TPSA) is 84.3 Å². The number of aromatic nitrogens is 2. The zero-order chi connectivity index (χ0) is 21.4. The van der Waals surface area contributed by atoms with E-state index in [0.29, 0.717) is 34.7 Å². The number of thioether (sulfide) groups is 1. The molecule has 158 valence electrons. The molecule has 1 saturated carbocycles. The normalized spacial score (nSPS) is 16.1. The molecule has 2 fully saturated rings. The quantitative estimate of drug-likeness (QED) is 0.473. The predicted molar refractivity (Wildman–Crippen MR) is 122 cm³/mol. The van der Waals surface area contributed by atoms with Crippen molar-refractivity contribution in [2.75, 3.05) is 22.5 Å². The Kier molecular flexibility index (Phi) is 5.23. The maximum absolute atomic E-state index is 13.0. The average molecular weight is 435 g/mol. The highest BCUT2D eigenvalue weighted by atomic mass is 32.2. The lowest BCUT2D eigenvalue weighted by atomic mass is 10.2. The lowest BCUT2D eigenvalue weighted by Crippen LogP contribution is -2.26. The highest BCUT2D eigenvalue weighted by Gasteiger charge is 2.29. The Morgan fingerprint density at radius 3 is 2.65 bits per heavy atom. The van der Waals surface area contributed by atoms with Crippen LogP contribution in [0.25, 0.3) is 10.9 Å². The molecule has 2 amide bonds. The smallest absolute Gasteiger partial charge is 0.262 e. The summed E-state index contributed by atoms with van der Waals surface area (Å²) in [5, 5.41) is 4.10. The molecule has 5 rings (SSSR count). The van der Waals surface area contributed by atoms with E-state index in [9.17, 15) is 14.4 Å². The van der Waals surface area contributed by atoms with E-state index >= 15 is 0 Å². The summed E-state index contributed by atoms with van der Waals surface area (Å²) in [6, 6.07) is 14.8.